The van der Waals surface area contributed by atoms with E-state index in [1.54, 1.807) is 11.8 Å². The Hall–Kier alpha value is -2.04. The van der Waals surface area contributed by atoms with Crippen LogP contribution in [0.25, 0.3) is 0 Å². The van der Waals surface area contributed by atoms with Gasteiger partial charge in [-0.15, -0.1) is 0 Å². The topological polar surface area (TPSA) is 69.6 Å². The fourth-order valence-corrected chi connectivity index (χ4v) is 2.88. The number of carboxylic acid groups (broad SMARTS) is 1. The first-order chi connectivity index (χ1) is 10.7. The smallest absolute Gasteiger partial charge is 0.317 e. The van der Waals surface area contributed by atoms with Gasteiger partial charge in [-0.05, 0) is 25.8 Å². The van der Waals surface area contributed by atoms with Gasteiger partial charge in [0.05, 0.1) is 5.41 Å². The minimum absolute atomic E-state index is 0.0749. The zero-order valence-corrected chi connectivity index (χ0v) is 14.3. The van der Waals surface area contributed by atoms with Crippen LogP contribution in [0.4, 0.5) is 4.79 Å². The third-order valence-corrected chi connectivity index (χ3v) is 5.22. The van der Waals surface area contributed by atoms with E-state index < -0.39 is 11.4 Å². The van der Waals surface area contributed by atoms with Gasteiger partial charge in [-0.3, -0.25) is 4.79 Å². The van der Waals surface area contributed by atoms with Gasteiger partial charge in [-0.2, -0.15) is 0 Å². The minimum atomic E-state index is -0.842. The van der Waals surface area contributed by atoms with Crippen molar-refractivity contribution in [3.8, 4) is 0 Å². The summed E-state index contributed by atoms with van der Waals surface area (Å²) < 4.78 is 0. The van der Waals surface area contributed by atoms with Crippen molar-refractivity contribution >= 4 is 12.0 Å². The van der Waals surface area contributed by atoms with Crippen LogP contribution < -0.4 is 5.32 Å². The lowest BCUT2D eigenvalue weighted by Crippen LogP contribution is -2.50. The summed E-state index contributed by atoms with van der Waals surface area (Å²) in [5, 5.41) is 12.3. The van der Waals surface area contributed by atoms with Crippen molar-refractivity contribution in [2.75, 3.05) is 13.1 Å². The predicted molar refractivity (Wildman–Crippen MR) is 89.4 cm³/mol. The summed E-state index contributed by atoms with van der Waals surface area (Å²) in [5.74, 6) is -0.842. The molecule has 2 unspecified atom stereocenters. The lowest BCUT2D eigenvalue weighted by atomic mass is 9.78. The van der Waals surface area contributed by atoms with E-state index in [0.29, 0.717) is 13.0 Å². The predicted octanol–water partition coefficient (Wildman–Crippen LogP) is 2.86. The highest BCUT2D eigenvalue weighted by atomic mass is 16.4. The molecule has 2 atom stereocenters. The van der Waals surface area contributed by atoms with Crippen molar-refractivity contribution in [3.05, 3.63) is 35.9 Å². The number of urea groups is 1. The summed E-state index contributed by atoms with van der Waals surface area (Å²) in [6, 6.07) is 9.80. The second-order valence-corrected chi connectivity index (χ2v) is 7.30. The molecule has 5 nitrogen and oxygen atoms in total. The van der Waals surface area contributed by atoms with Crippen molar-refractivity contribution in [1.29, 1.82) is 0 Å². The summed E-state index contributed by atoms with van der Waals surface area (Å²) >= 11 is 0. The summed E-state index contributed by atoms with van der Waals surface area (Å²) in [6.45, 7) is 8.61. The summed E-state index contributed by atoms with van der Waals surface area (Å²) in [5.41, 5.74) is 0.104. The average molecular weight is 318 g/mol. The Morgan fingerprint density at radius 2 is 1.91 bits per heavy atom. The van der Waals surface area contributed by atoms with Crippen LogP contribution in [0.1, 0.15) is 39.7 Å². The van der Waals surface area contributed by atoms with E-state index in [1.165, 1.54) is 0 Å². The first-order valence-corrected chi connectivity index (χ1v) is 8.01. The van der Waals surface area contributed by atoms with E-state index in [2.05, 4.69) is 31.3 Å². The Bertz CT molecular complexity index is 585. The van der Waals surface area contributed by atoms with Gasteiger partial charge < -0.3 is 15.3 Å². The molecule has 2 rings (SSSR count). The van der Waals surface area contributed by atoms with E-state index in [-0.39, 0.29) is 24.0 Å². The third-order valence-electron chi connectivity index (χ3n) is 5.22. The molecule has 0 spiro atoms. The molecule has 5 heteroatoms. The monoisotopic (exact) mass is 318 g/mol. The zero-order chi connectivity index (χ0) is 17.3. The molecule has 1 aromatic carbocycles. The van der Waals surface area contributed by atoms with Gasteiger partial charge in [-0.1, -0.05) is 44.2 Å². The van der Waals surface area contributed by atoms with E-state index in [9.17, 15) is 14.7 Å². The van der Waals surface area contributed by atoms with E-state index >= 15 is 0 Å². The Balaban J connectivity index is 2.02. The number of amides is 2. The van der Waals surface area contributed by atoms with Crippen LogP contribution in [0.2, 0.25) is 0 Å². The number of nitrogens with one attached hydrogen (secondary N) is 1. The molecular formula is C18H26N2O3. The van der Waals surface area contributed by atoms with Gasteiger partial charge in [0.25, 0.3) is 0 Å². The molecule has 0 saturated carbocycles. The molecule has 0 radical (unpaired) electrons. The molecule has 1 heterocycles. The Labute approximate surface area is 137 Å². The number of hydrogen-bond donors (Lipinski definition) is 2. The van der Waals surface area contributed by atoms with E-state index in [4.69, 9.17) is 0 Å². The molecule has 0 aliphatic carbocycles. The van der Waals surface area contributed by atoms with Crippen molar-refractivity contribution in [2.24, 2.45) is 5.41 Å². The molecule has 0 aromatic heterocycles. The number of carbonyl (C=O) groups excluding carboxylic acids is 1. The molecule has 1 aromatic rings. The Morgan fingerprint density at radius 1 is 1.30 bits per heavy atom. The van der Waals surface area contributed by atoms with Crippen LogP contribution in [0.5, 0.6) is 0 Å². The summed E-state index contributed by atoms with van der Waals surface area (Å²) in [7, 11) is 0. The maximum Gasteiger partial charge on any atom is 0.317 e. The van der Waals surface area contributed by atoms with Crippen LogP contribution in [0.3, 0.4) is 0 Å². The Morgan fingerprint density at radius 3 is 2.43 bits per heavy atom. The second-order valence-electron chi connectivity index (χ2n) is 7.30. The average Bonchev–Trinajstić information content (AvgIpc) is 2.92. The van der Waals surface area contributed by atoms with E-state index in [0.717, 1.165) is 5.56 Å². The van der Waals surface area contributed by atoms with Gasteiger partial charge in [0.1, 0.15) is 0 Å². The van der Waals surface area contributed by atoms with Crippen molar-refractivity contribution < 1.29 is 14.7 Å². The van der Waals surface area contributed by atoms with Crippen LogP contribution in [-0.4, -0.2) is 41.1 Å². The SMILES string of the molecule is CC(NC(=O)N1CCC(C)(C(=O)O)C1)C(C)(C)c1ccccc1. The van der Waals surface area contributed by atoms with Gasteiger partial charge in [0, 0.05) is 24.5 Å². The molecule has 126 valence electrons. The molecule has 2 N–H and O–H groups in total. The highest BCUT2D eigenvalue weighted by Gasteiger charge is 2.42. The van der Waals surface area contributed by atoms with Gasteiger partial charge in [-0.25, -0.2) is 4.79 Å². The number of benzene rings is 1. The summed E-state index contributed by atoms with van der Waals surface area (Å²) in [4.78, 5) is 25.4. The van der Waals surface area contributed by atoms with Crippen LogP contribution in [-0.2, 0) is 10.2 Å². The molecule has 0 bridgehead atoms. The molecule has 1 aliphatic rings. The highest BCUT2D eigenvalue weighted by molar-refractivity contribution is 5.79. The van der Waals surface area contributed by atoms with Crippen molar-refractivity contribution in [3.63, 3.8) is 0 Å². The molecule has 1 saturated heterocycles. The third kappa shape index (κ3) is 3.49. The fraction of sp³-hybridized carbons (Fsp3) is 0.556. The lowest BCUT2D eigenvalue weighted by Gasteiger charge is -2.34. The molecule has 2 amide bonds. The number of nitrogens with zero attached hydrogens (tertiary/aromatic N) is 1. The quantitative estimate of drug-likeness (QED) is 0.897. The minimum Gasteiger partial charge on any atom is -0.481 e. The summed E-state index contributed by atoms with van der Waals surface area (Å²) in [6.07, 6.45) is 0.492. The van der Waals surface area contributed by atoms with Crippen LogP contribution >= 0.6 is 0 Å². The number of carbonyl (C=O) groups is 2. The largest absolute Gasteiger partial charge is 0.481 e. The van der Waals surface area contributed by atoms with Crippen LogP contribution in [0, 0.1) is 5.41 Å². The first-order valence-electron chi connectivity index (χ1n) is 8.01. The normalized spacial score (nSPS) is 22.7. The molecule has 23 heavy (non-hydrogen) atoms. The molecule has 1 fully saturated rings. The number of rotatable bonds is 4. The standard InChI is InChI=1S/C18H26N2O3/c1-13(17(2,3)14-8-6-5-7-9-14)19-16(23)20-11-10-18(4,12-20)15(21)22/h5-9,13H,10-12H2,1-4H3,(H,19,23)(H,21,22). The van der Waals surface area contributed by atoms with Crippen molar-refractivity contribution in [2.45, 2.75) is 45.6 Å². The second kappa shape index (κ2) is 6.22. The molecule has 1 aliphatic heterocycles. The van der Waals surface area contributed by atoms with Gasteiger partial charge in [0.2, 0.25) is 0 Å². The first kappa shape index (κ1) is 17.3. The number of likely N-dealkylation sites (tertiary alicyclic amines) is 1. The highest BCUT2D eigenvalue weighted by Crippen LogP contribution is 2.31. The zero-order valence-electron chi connectivity index (χ0n) is 14.3. The Kier molecular flexibility index (Phi) is 4.68. The maximum atomic E-state index is 12.5. The van der Waals surface area contributed by atoms with E-state index in [1.807, 2.05) is 25.1 Å². The number of carboxylic acids is 1. The van der Waals surface area contributed by atoms with Gasteiger partial charge in [0.15, 0.2) is 0 Å². The lowest BCUT2D eigenvalue weighted by molar-refractivity contribution is -0.147. The number of aliphatic carboxylic acids is 1. The maximum absolute atomic E-state index is 12.5. The van der Waals surface area contributed by atoms with Gasteiger partial charge >= 0.3 is 12.0 Å². The van der Waals surface area contributed by atoms with Crippen molar-refractivity contribution in [1.82, 2.24) is 10.2 Å². The van der Waals surface area contributed by atoms with Crippen LogP contribution in [0.15, 0.2) is 30.3 Å². The molecular weight excluding hydrogens is 292 g/mol. The fourth-order valence-electron chi connectivity index (χ4n) is 2.88. The number of hydrogen-bond acceptors (Lipinski definition) is 2.